The number of carboxylic acids is 1. The number of aromatic hydroxyl groups is 1. The van der Waals surface area contributed by atoms with Gasteiger partial charge < -0.3 is 24.6 Å². The van der Waals surface area contributed by atoms with Crippen LogP contribution < -0.4 is 0 Å². The van der Waals surface area contributed by atoms with Crippen molar-refractivity contribution >= 4 is 11.9 Å². The monoisotopic (exact) mass is 521 g/mol. The van der Waals surface area contributed by atoms with Crippen LogP contribution in [0.2, 0.25) is 0 Å². The highest BCUT2D eigenvalue weighted by molar-refractivity contribution is 5.95. The van der Waals surface area contributed by atoms with E-state index in [0.29, 0.717) is 17.9 Å². The number of carbonyl (C=O) groups excluding carboxylic acids is 1. The zero-order chi connectivity index (χ0) is 27.4. The Bertz CT molecular complexity index is 1270. The number of piperazine rings is 1. The lowest BCUT2D eigenvalue weighted by atomic mass is 9.92. The second kappa shape index (κ2) is 11.8. The quantitative estimate of drug-likeness (QED) is 0.393. The van der Waals surface area contributed by atoms with Gasteiger partial charge in [0.1, 0.15) is 30.4 Å². The molecule has 0 bridgehead atoms. The summed E-state index contributed by atoms with van der Waals surface area (Å²) in [6.45, 7) is 5.94. The predicted molar refractivity (Wildman–Crippen MR) is 142 cm³/mol. The first-order valence-corrected chi connectivity index (χ1v) is 12.7. The number of benzene rings is 2. The van der Waals surface area contributed by atoms with Crippen LogP contribution >= 0.6 is 0 Å². The highest BCUT2D eigenvalue weighted by Crippen LogP contribution is 2.35. The van der Waals surface area contributed by atoms with Crippen molar-refractivity contribution in [3.8, 4) is 5.75 Å². The maximum Gasteiger partial charge on any atom is 0.323 e. The van der Waals surface area contributed by atoms with Crippen molar-refractivity contribution in [2.75, 3.05) is 26.7 Å². The number of nitrogens with zero attached hydrogens (tertiary/aromatic N) is 3. The van der Waals surface area contributed by atoms with Gasteiger partial charge in [-0.05, 0) is 61.4 Å². The molecule has 3 aromatic rings. The fourth-order valence-electron chi connectivity index (χ4n) is 5.20. The second-order valence-electron chi connectivity index (χ2n) is 10.0. The van der Waals surface area contributed by atoms with Gasteiger partial charge in [0.05, 0.1) is 12.6 Å². The van der Waals surface area contributed by atoms with Crippen LogP contribution in [0, 0.1) is 0 Å². The topological polar surface area (TPSA) is 118 Å². The number of hydrogen-bond donors (Lipinski definition) is 3. The molecule has 4 rings (SSSR count). The van der Waals surface area contributed by atoms with Crippen molar-refractivity contribution in [3.63, 3.8) is 0 Å². The minimum absolute atomic E-state index is 0.125. The van der Waals surface area contributed by atoms with Gasteiger partial charge in [0.25, 0.3) is 5.91 Å². The third-order valence-electron chi connectivity index (χ3n) is 7.08. The summed E-state index contributed by atoms with van der Waals surface area (Å²) in [6, 6.07) is 18.2. The van der Waals surface area contributed by atoms with Crippen molar-refractivity contribution < 1.29 is 29.3 Å². The van der Waals surface area contributed by atoms with E-state index in [0.717, 1.165) is 30.0 Å². The van der Waals surface area contributed by atoms with Gasteiger partial charge in [-0.1, -0.05) is 24.3 Å². The first-order chi connectivity index (χ1) is 18.2. The number of aliphatic hydroxyl groups excluding tert-OH is 1. The molecule has 1 aliphatic rings. The molecule has 1 fully saturated rings. The van der Waals surface area contributed by atoms with Gasteiger partial charge in [0.2, 0.25) is 0 Å². The maximum absolute atomic E-state index is 13.0. The number of aliphatic hydroxyl groups is 1. The van der Waals surface area contributed by atoms with Gasteiger partial charge in [-0.2, -0.15) is 0 Å². The molecule has 0 unspecified atom stereocenters. The Hall–Kier alpha value is -3.66. The van der Waals surface area contributed by atoms with Crippen LogP contribution in [0.3, 0.4) is 0 Å². The number of rotatable bonds is 9. The Morgan fingerprint density at radius 1 is 1.00 bits per heavy atom. The number of furan rings is 1. The Kier molecular flexibility index (Phi) is 8.51. The van der Waals surface area contributed by atoms with E-state index in [2.05, 4.69) is 23.6 Å². The van der Waals surface area contributed by atoms with E-state index in [9.17, 15) is 19.8 Å². The van der Waals surface area contributed by atoms with Gasteiger partial charge in [0.15, 0.2) is 0 Å². The summed E-state index contributed by atoms with van der Waals surface area (Å²) in [4.78, 5) is 30.0. The van der Waals surface area contributed by atoms with Crippen LogP contribution in [0.25, 0.3) is 0 Å². The van der Waals surface area contributed by atoms with Crippen LogP contribution in [0.1, 0.15) is 52.9 Å². The summed E-state index contributed by atoms with van der Waals surface area (Å²) in [5, 5.41) is 28.7. The van der Waals surface area contributed by atoms with Crippen molar-refractivity contribution in [3.05, 3.63) is 88.9 Å². The fourth-order valence-corrected chi connectivity index (χ4v) is 5.20. The number of phenols is 1. The molecule has 1 aromatic heterocycles. The fraction of sp³-hybridized carbons (Fsp3) is 0.379. The highest BCUT2D eigenvalue weighted by atomic mass is 16.4. The summed E-state index contributed by atoms with van der Waals surface area (Å²) in [5.41, 5.74) is 2.20. The predicted octanol–water partition coefficient (Wildman–Crippen LogP) is 3.32. The largest absolute Gasteiger partial charge is 0.508 e. The molecule has 3 N–H and O–H groups in total. The molecule has 0 aliphatic carbocycles. The lowest BCUT2D eigenvalue weighted by Gasteiger charge is -2.47. The Morgan fingerprint density at radius 2 is 1.68 bits per heavy atom. The first-order valence-electron chi connectivity index (χ1n) is 12.7. The van der Waals surface area contributed by atoms with Gasteiger partial charge in [-0.25, -0.2) is 0 Å². The summed E-state index contributed by atoms with van der Waals surface area (Å²) in [6.07, 6.45) is 0. The Labute approximate surface area is 222 Å². The van der Waals surface area contributed by atoms with E-state index >= 15 is 0 Å². The molecule has 38 heavy (non-hydrogen) atoms. The van der Waals surface area contributed by atoms with Crippen molar-refractivity contribution in [1.29, 1.82) is 0 Å². The van der Waals surface area contributed by atoms with E-state index in [1.54, 1.807) is 24.3 Å². The maximum atomic E-state index is 13.0. The lowest BCUT2D eigenvalue weighted by molar-refractivity contribution is -0.137. The molecular formula is C29H35N3O6. The smallest absolute Gasteiger partial charge is 0.323 e. The molecule has 0 saturated carbocycles. The number of hydrogen-bond acceptors (Lipinski definition) is 7. The lowest BCUT2D eigenvalue weighted by Crippen LogP contribution is -2.56. The van der Waals surface area contributed by atoms with Crippen LogP contribution in [-0.2, 0) is 17.9 Å². The number of carbonyl (C=O) groups is 2. The van der Waals surface area contributed by atoms with Gasteiger partial charge >= 0.3 is 5.97 Å². The third-order valence-corrected chi connectivity index (χ3v) is 7.08. The normalized spacial score (nSPS) is 19.3. The molecule has 2 heterocycles. The Balaban J connectivity index is 1.63. The van der Waals surface area contributed by atoms with Crippen molar-refractivity contribution in [2.45, 2.75) is 45.1 Å². The van der Waals surface area contributed by atoms with E-state index in [4.69, 9.17) is 9.52 Å². The van der Waals surface area contributed by atoms with E-state index in [-0.39, 0.29) is 42.9 Å². The molecule has 1 saturated heterocycles. The molecule has 0 radical (unpaired) electrons. The molecule has 1 aliphatic heterocycles. The number of carboxylic acid groups (broad SMARTS) is 1. The first kappa shape index (κ1) is 27.4. The Morgan fingerprint density at radius 3 is 2.34 bits per heavy atom. The minimum atomic E-state index is -1.07. The third kappa shape index (κ3) is 6.24. The van der Waals surface area contributed by atoms with Crippen molar-refractivity contribution in [1.82, 2.24) is 14.7 Å². The van der Waals surface area contributed by atoms with E-state index in [1.807, 2.05) is 36.4 Å². The van der Waals surface area contributed by atoms with Crippen LogP contribution in [0.4, 0.5) is 0 Å². The van der Waals surface area contributed by atoms with Gasteiger partial charge in [-0.3, -0.25) is 19.4 Å². The zero-order valence-electron chi connectivity index (χ0n) is 21.9. The molecular weight excluding hydrogens is 486 g/mol. The number of likely N-dealkylation sites (N-methyl/N-ethyl adjacent to an activating group) is 1. The number of amides is 1. The molecule has 1 amide bonds. The van der Waals surface area contributed by atoms with Crippen molar-refractivity contribution in [2.24, 2.45) is 0 Å². The van der Waals surface area contributed by atoms with Crippen LogP contribution in [0.15, 0.2) is 65.1 Å². The zero-order valence-corrected chi connectivity index (χ0v) is 21.9. The van der Waals surface area contributed by atoms with Gasteiger partial charge in [0, 0.05) is 37.8 Å². The summed E-state index contributed by atoms with van der Waals surface area (Å²) in [5.74, 6) is 0.0838. The molecule has 9 nitrogen and oxygen atoms in total. The molecule has 2 aromatic carbocycles. The SMILES string of the molecule is C[C@@H]1CN([C@@H](c2cccc(O)c2)c2cccc(C(=O)N(C)CC(=O)O)c2)[C@@H](C)CN1Cc1ccc(CO)o1. The highest BCUT2D eigenvalue weighted by Gasteiger charge is 2.35. The summed E-state index contributed by atoms with van der Waals surface area (Å²) in [7, 11) is 1.47. The number of phenolic OH excluding ortho intramolecular Hbond substituents is 1. The van der Waals surface area contributed by atoms with Gasteiger partial charge in [-0.15, -0.1) is 0 Å². The summed E-state index contributed by atoms with van der Waals surface area (Å²) < 4.78 is 5.72. The second-order valence-corrected chi connectivity index (χ2v) is 10.0. The average molecular weight is 522 g/mol. The van der Waals surface area contributed by atoms with Crippen LogP contribution in [-0.4, -0.2) is 80.7 Å². The molecule has 3 atom stereocenters. The van der Waals surface area contributed by atoms with E-state index in [1.165, 1.54) is 11.9 Å². The molecule has 9 heteroatoms. The standard InChI is InChI=1S/C29H35N3O6/c1-19-15-32(20(2)14-31(19)16-25-10-11-26(18-33)38-25)28(22-7-5-9-24(34)13-22)21-6-4-8-23(12-21)29(37)30(3)17-27(35)36/h4-13,19-20,28,33-34H,14-18H2,1-3H3,(H,35,36)/t19-,20+,28-/m1/s1. The molecule has 202 valence electrons. The minimum Gasteiger partial charge on any atom is -0.508 e. The van der Waals surface area contributed by atoms with Crippen LogP contribution in [0.5, 0.6) is 5.75 Å². The molecule has 0 spiro atoms. The summed E-state index contributed by atoms with van der Waals surface area (Å²) >= 11 is 0. The average Bonchev–Trinajstić information content (AvgIpc) is 3.34. The number of aliphatic carboxylic acids is 1. The van der Waals surface area contributed by atoms with E-state index < -0.39 is 5.97 Å².